The number of hydrogen-bond acceptors (Lipinski definition) is 5. The number of ether oxygens (including phenoxy) is 2. The van der Waals surface area contributed by atoms with Gasteiger partial charge < -0.3 is 9.47 Å². The second-order valence-corrected chi connectivity index (χ2v) is 6.42. The summed E-state index contributed by atoms with van der Waals surface area (Å²) in [6, 6.07) is 1.74. The zero-order valence-electron chi connectivity index (χ0n) is 10.4. The molecule has 5 nitrogen and oxygen atoms in total. The number of carbonyl (C=O) groups is 1. The zero-order valence-corrected chi connectivity index (χ0v) is 12.0. The number of benzene rings is 1. The summed E-state index contributed by atoms with van der Waals surface area (Å²) in [5.41, 5.74) is -0.258. The van der Waals surface area contributed by atoms with Gasteiger partial charge in [-0.15, -0.1) is 0 Å². The van der Waals surface area contributed by atoms with Gasteiger partial charge in [0.15, 0.2) is 11.6 Å². The molecule has 0 aliphatic heterocycles. The van der Waals surface area contributed by atoms with Gasteiger partial charge in [0.25, 0.3) is 9.05 Å². The molecule has 0 unspecified atom stereocenters. The van der Waals surface area contributed by atoms with E-state index in [2.05, 4.69) is 4.74 Å². The first-order valence-electron chi connectivity index (χ1n) is 5.20. The van der Waals surface area contributed by atoms with E-state index in [-0.39, 0.29) is 5.56 Å². The van der Waals surface area contributed by atoms with Crippen LogP contribution in [0.25, 0.3) is 0 Å². The van der Waals surface area contributed by atoms with Gasteiger partial charge in [0.05, 0.1) is 18.8 Å². The predicted octanol–water partition coefficient (Wildman–Crippen LogP) is 2.33. The Morgan fingerprint density at radius 2 is 1.95 bits per heavy atom. The van der Waals surface area contributed by atoms with Crippen LogP contribution in [0.1, 0.15) is 24.2 Å². The van der Waals surface area contributed by atoms with Crippen molar-refractivity contribution in [2.45, 2.75) is 24.8 Å². The van der Waals surface area contributed by atoms with Crippen molar-refractivity contribution in [3.8, 4) is 5.75 Å². The molecule has 0 aliphatic rings. The highest BCUT2D eigenvalue weighted by atomic mass is 35.7. The summed E-state index contributed by atoms with van der Waals surface area (Å²) >= 11 is 0. The molecule has 106 valence electrons. The molecule has 1 aromatic carbocycles. The molecule has 0 bridgehead atoms. The van der Waals surface area contributed by atoms with Crippen LogP contribution in [0.4, 0.5) is 4.39 Å². The van der Waals surface area contributed by atoms with Crippen LogP contribution < -0.4 is 4.74 Å². The van der Waals surface area contributed by atoms with Crippen molar-refractivity contribution in [2.24, 2.45) is 0 Å². The lowest BCUT2D eigenvalue weighted by Gasteiger charge is -2.11. The highest BCUT2D eigenvalue weighted by molar-refractivity contribution is 8.13. The molecule has 0 saturated carbocycles. The van der Waals surface area contributed by atoms with Crippen LogP contribution in [0.5, 0.6) is 5.75 Å². The quantitative estimate of drug-likeness (QED) is 0.630. The maximum Gasteiger partial charge on any atom is 0.338 e. The molecule has 1 aromatic rings. The minimum absolute atomic E-state index is 0.258. The topological polar surface area (TPSA) is 69.7 Å². The lowest BCUT2D eigenvalue weighted by atomic mass is 10.2. The van der Waals surface area contributed by atoms with Crippen molar-refractivity contribution in [1.82, 2.24) is 0 Å². The summed E-state index contributed by atoms with van der Waals surface area (Å²) in [4.78, 5) is 11.0. The molecule has 0 atom stereocenters. The van der Waals surface area contributed by atoms with Gasteiger partial charge in [-0.2, -0.15) is 0 Å². The smallest absolute Gasteiger partial charge is 0.338 e. The third-order valence-corrected chi connectivity index (χ3v) is 3.38. The van der Waals surface area contributed by atoms with Gasteiger partial charge in [-0.25, -0.2) is 17.6 Å². The van der Waals surface area contributed by atoms with Gasteiger partial charge in [0, 0.05) is 10.7 Å². The van der Waals surface area contributed by atoms with E-state index in [0.29, 0.717) is 0 Å². The van der Waals surface area contributed by atoms with Gasteiger partial charge in [0.2, 0.25) is 0 Å². The van der Waals surface area contributed by atoms with Crippen LogP contribution in [0.15, 0.2) is 17.0 Å². The molecule has 1 rings (SSSR count). The van der Waals surface area contributed by atoms with Crippen molar-refractivity contribution < 1.29 is 27.1 Å². The summed E-state index contributed by atoms with van der Waals surface area (Å²) in [5.74, 6) is -2.41. The van der Waals surface area contributed by atoms with E-state index in [9.17, 15) is 17.6 Å². The van der Waals surface area contributed by atoms with Crippen molar-refractivity contribution in [3.05, 3.63) is 23.5 Å². The van der Waals surface area contributed by atoms with Crippen molar-refractivity contribution in [3.63, 3.8) is 0 Å². The van der Waals surface area contributed by atoms with Gasteiger partial charge in [-0.05, 0) is 26.0 Å². The van der Waals surface area contributed by atoms with Crippen molar-refractivity contribution >= 4 is 25.7 Å². The lowest BCUT2D eigenvalue weighted by Crippen LogP contribution is -2.13. The summed E-state index contributed by atoms with van der Waals surface area (Å²) in [6.07, 6.45) is -0.422. The minimum atomic E-state index is -4.25. The molecular weight excluding hydrogens is 299 g/mol. The van der Waals surface area contributed by atoms with Crippen LogP contribution in [0, 0.1) is 5.82 Å². The molecule has 0 N–H and O–H groups in total. The Bertz CT molecular complexity index is 597. The summed E-state index contributed by atoms with van der Waals surface area (Å²) < 4.78 is 45.8. The average molecular weight is 311 g/mol. The summed E-state index contributed by atoms with van der Waals surface area (Å²) in [5, 5.41) is 0. The van der Waals surface area contributed by atoms with E-state index in [1.807, 2.05) is 0 Å². The van der Waals surface area contributed by atoms with Crippen LogP contribution >= 0.6 is 10.7 Å². The predicted molar refractivity (Wildman–Crippen MR) is 66.5 cm³/mol. The molecule has 0 radical (unpaired) electrons. The maximum absolute atomic E-state index is 13.7. The highest BCUT2D eigenvalue weighted by Crippen LogP contribution is 2.31. The fourth-order valence-electron chi connectivity index (χ4n) is 1.35. The van der Waals surface area contributed by atoms with E-state index < -0.39 is 37.6 Å². The molecule has 0 saturated heterocycles. The van der Waals surface area contributed by atoms with Crippen LogP contribution in [0.3, 0.4) is 0 Å². The fourth-order valence-corrected chi connectivity index (χ4v) is 2.36. The van der Waals surface area contributed by atoms with E-state index in [0.717, 1.165) is 19.2 Å². The molecule has 8 heteroatoms. The molecule has 19 heavy (non-hydrogen) atoms. The second kappa shape index (κ2) is 5.75. The van der Waals surface area contributed by atoms with Gasteiger partial charge in [0.1, 0.15) is 4.90 Å². The molecule has 0 aromatic heterocycles. The highest BCUT2D eigenvalue weighted by Gasteiger charge is 2.24. The fraction of sp³-hybridized carbons (Fsp3) is 0.364. The Hall–Kier alpha value is -1.34. The average Bonchev–Trinajstić information content (AvgIpc) is 2.25. The number of carbonyl (C=O) groups excluding carboxylic acids is 1. The summed E-state index contributed by atoms with van der Waals surface area (Å²) in [7, 11) is 2.01. The van der Waals surface area contributed by atoms with Crippen molar-refractivity contribution in [2.75, 3.05) is 7.11 Å². The molecule has 0 heterocycles. The monoisotopic (exact) mass is 310 g/mol. The Morgan fingerprint density at radius 1 is 1.37 bits per heavy atom. The first-order chi connectivity index (χ1) is 8.66. The van der Waals surface area contributed by atoms with Crippen LogP contribution in [0.2, 0.25) is 0 Å². The molecular formula is C11H12ClFO5S. The largest absolute Gasteiger partial charge is 0.492 e. The van der Waals surface area contributed by atoms with Gasteiger partial charge >= 0.3 is 5.97 Å². The second-order valence-electron chi connectivity index (χ2n) is 3.88. The third-order valence-electron chi connectivity index (χ3n) is 2.05. The number of hydrogen-bond donors (Lipinski definition) is 0. The normalized spacial score (nSPS) is 11.5. The molecule has 0 spiro atoms. The van der Waals surface area contributed by atoms with Gasteiger partial charge in [-0.3, -0.25) is 0 Å². The Kier molecular flexibility index (Phi) is 4.75. The Labute approximate surface area is 114 Å². The maximum atomic E-state index is 13.7. The van der Waals surface area contributed by atoms with E-state index in [1.165, 1.54) is 0 Å². The molecule has 0 aliphatic carbocycles. The van der Waals surface area contributed by atoms with Crippen LogP contribution in [-0.2, 0) is 13.8 Å². The third kappa shape index (κ3) is 3.81. The van der Waals surface area contributed by atoms with Crippen LogP contribution in [-0.4, -0.2) is 27.6 Å². The number of esters is 1. The number of halogens is 2. The standard InChI is InChI=1S/C11H12ClFO5S/c1-6(2)18-11(14)7-4-8(13)10(17-3)9(5-7)19(12,15)16/h4-6H,1-3H3. The van der Waals surface area contributed by atoms with E-state index in [4.69, 9.17) is 15.4 Å². The number of methoxy groups -OCH3 is 1. The van der Waals surface area contributed by atoms with E-state index >= 15 is 0 Å². The van der Waals surface area contributed by atoms with Crippen molar-refractivity contribution in [1.29, 1.82) is 0 Å². The summed E-state index contributed by atoms with van der Waals surface area (Å²) in [6.45, 7) is 3.22. The number of rotatable bonds is 4. The van der Waals surface area contributed by atoms with Gasteiger partial charge in [-0.1, -0.05) is 0 Å². The lowest BCUT2D eigenvalue weighted by molar-refractivity contribution is 0.0377. The van der Waals surface area contributed by atoms with E-state index in [1.54, 1.807) is 13.8 Å². The Balaban J connectivity index is 3.40. The molecule has 0 fully saturated rings. The zero-order chi connectivity index (χ0) is 14.8. The minimum Gasteiger partial charge on any atom is -0.492 e. The first-order valence-corrected chi connectivity index (χ1v) is 7.51. The first kappa shape index (κ1) is 15.7. The SMILES string of the molecule is COc1c(F)cc(C(=O)OC(C)C)cc1S(=O)(=O)Cl. The Morgan fingerprint density at radius 3 is 2.37 bits per heavy atom. The molecule has 0 amide bonds.